The number of nitrogens with zero attached hydrogens (tertiary/aromatic N) is 3. The smallest absolute Gasteiger partial charge is 0.270 e. The molecule has 0 unspecified atom stereocenters. The van der Waals surface area contributed by atoms with E-state index < -0.39 is 5.91 Å². The van der Waals surface area contributed by atoms with Crippen molar-refractivity contribution in [3.05, 3.63) is 94.1 Å². The van der Waals surface area contributed by atoms with E-state index in [-0.39, 0.29) is 29.9 Å². The van der Waals surface area contributed by atoms with Gasteiger partial charge in [-0.3, -0.25) is 9.59 Å². The summed E-state index contributed by atoms with van der Waals surface area (Å²) < 4.78 is 0. The average molecular weight is 421 g/mol. The molecule has 7 heteroatoms. The molecule has 1 aromatic heterocycles. The molecule has 2 N–H and O–H groups in total. The quantitative estimate of drug-likeness (QED) is 0.616. The Kier molecular flexibility index (Phi) is 5.91. The first kappa shape index (κ1) is 20.8. The number of rotatable bonds is 5. The van der Waals surface area contributed by atoms with Crippen molar-refractivity contribution in [1.29, 1.82) is 5.26 Å². The van der Waals surface area contributed by atoms with Gasteiger partial charge in [0.05, 0.1) is 17.7 Å². The number of benzene rings is 2. The van der Waals surface area contributed by atoms with Crippen molar-refractivity contribution in [2.75, 3.05) is 0 Å². The Bertz CT molecular complexity index is 1290. The molecule has 2 amide bonds. The van der Waals surface area contributed by atoms with Crippen molar-refractivity contribution in [2.45, 2.75) is 25.4 Å². The Morgan fingerprint density at radius 3 is 2.66 bits per heavy atom. The third-order valence-corrected chi connectivity index (χ3v) is 5.33. The third-order valence-electron chi connectivity index (χ3n) is 5.33. The maximum atomic E-state index is 12.8. The number of aromatic nitrogens is 2. The zero-order chi connectivity index (χ0) is 22.5. The van der Waals surface area contributed by atoms with E-state index in [0.29, 0.717) is 5.56 Å². The van der Waals surface area contributed by atoms with Crippen molar-refractivity contribution in [3.63, 3.8) is 0 Å². The summed E-state index contributed by atoms with van der Waals surface area (Å²) in [5.74, 6) is 1.76. The van der Waals surface area contributed by atoms with Crippen LogP contribution in [0.1, 0.15) is 61.3 Å². The van der Waals surface area contributed by atoms with E-state index in [0.717, 1.165) is 35.1 Å². The van der Waals surface area contributed by atoms with E-state index in [4.69, 9.17) is 11.7 Å². The predicted octanol–water partition coefficient (Wildman–Crippen LogP) is 2.68. The van der Waals surface area contributed by atoms with E-state index in [1.807, 2.05) is 36.4 Å². The van der Waals surface area contributed by atoms with Crippen molar-refractivity contribution < 1.29 is 9.59 Å². The number of amides is 2. The average Bonchev–Trinajstić information content (AvgIpc) is 3.24. The molecule has 4 rings (SSSR count). The van der Waals surface area contributed by atoms with E-state index in [2.05, 4.69) is 32.6 Å². The van der Waals surface area contributed by atoms with Crippen LogP contribution in [-0.4, -0.2) is 21.8 Å². The molecule has 7 nitrogen and oxygen atoms in total. The lowest BCUT2D eigenvalue weighted by molar-refractivity contribution is 0.0931. The van der Waals surface area contributed by atoms with Crippen LogP contribution in [0.3, 0.4) is 0 Å². The summed E-state index contributed by atoms with van der Waals surface area (Å²) in [6, 6.07) is 16.1. The zero-order valence-electron chi connectivity index (χ0n) is 17.1. The van der Waals surface area contributed by atoms with Gasteiger partial charge in [0.1, 0.15) is 17.7 Å². The Morgan fingerprint density at radius 2 is 1.88 bits per heavy atom. The van der Waals surface area contributed by atoms with Crippen LogP contribution in [0.15, 0.2) is 54.9 Å². The minimum Gasteiger partial charge on any atom is -0.347 e. The zero-order valence-corrected chi connectivity index (χ0v) is 17.1. The molecule has 0 aliphatic heterocycles. The van der Waals surface area contributed by atoms with Crippen LogP contribution < -0.4 is 10.6 Å². The largest absolute Gasteiger partial charge is 0.347 e. The Balaban J connectivity index is 1.42. The fraction of sp³-hybridized carbons (Fsp3) is 0.160. The minimum atomic E-state index is -0.414. The van der Waals surface area contributed by atoms with Crippen LogP contribution in [0.4, 0.5) is 0 Å². The Labute approximate surface area is 185 Å². The van der Waals surface area contributed by atoms with Gasteiger partial charge in [-0.2, -0.15) is 5.26 Å². The van der Waals surface area contributed by atoms with Crippen molar-refractivity contribution in [3.8, 4) is 18.4 Å². The maximum absolute atomic E-state index is 12.8. The molecule has 0 fully saturated rings. The number of hydrogen-bond acceptors (Lipinski definition) is 5. The predicted molar refractivity (Wildman–Crippen MR) is 117 cm³/mol. The highest BCUT2D eigenvalue weighted by Crippen LogP contribution is 2.31. The van der Waals surface area contributed by atoms with Gasteiger partial charge in [-0.05, 0) is 53.8 Å². The number of fused-ring (bicyclic) bond motifs is 1. The SMILES string of the molecule is C#Cc1cccc(CNC(=O)c2cc(C(=O)N[C@@H]3CCc4cc(C#N)ccc43)ncn2)c1. The molecule has 3 aromatic rings. The van der Waals surface area contributed by atoms with Gasteiger partial charge in [0, 0.05) is 18.2 Å². The van der Waals surface area contributed by atoms with Crippen LogP contribution in [0, 0.1) is 23.7 Å². The monoisotopic (exact) mass is 421 g/mol. The van der Waals surface area contributed by atoms with Crippen molar-refractivity contribution in [1.82, 2.24) is 20.6 Å². The van der Waals surface area contributed by atoms with Crippen LogP contribution in [-0.2, 0) is 13.0 Å². The molecule has 0 spiro atoms. The molecular formula is C25H19N5O2. The summed E-state index contributed by atoms with van der Waals surface area (Å²) in [7, 11) is 0. The van der Waals surface area contributed by atoms with E-state index in [1.54, 1.807) is 6.07 Å². The van der Waals surface area contributed by atoms with Gasteiger partial charge in [0.2, 0.25) is 0 Å². The Hall–Kier alpha value is -4.49. The normalized spacial score (nSPS) is 14.0. The summed E-state index contributed by atoms with van der Waals surface area (Å²) in [5, 5.41) is 14.8. The van der Waals surface area contributed by atoms with Gasteiger partial charge < -0.3 is 10.6 Å². The lowest BCUT2D eigenvalue weighted by Gasteiger charge is -2.14. The van der Waals surface area contributed by atoms with Gasteiger partial charge in [-0.1, -0.05) is 24.1 Å². The first-order valence-corrected chi connectivity index (χ1v) is 10.1. The Morgan fingerprint density at radius 1 is 1.06 bits per heavy atom. The number of carbonyl (C=O) groups is 2. The van der Waals surface area contributed by atoms with Gasteiger partial charge >= 0.3 is 0 Å². The summed E-state index contributed by atoms with van der Waals surface area (Å²) in [5.41, 5.74) is 4.47. The lowest BCUT2D eigenvalue weighted by atomic mass is 10.1. The highest BCUT2D eigenvalue weighted by atomic mass is 16.2. The van der Waals surface area contributed by atoms with Gasteiger partial charge in [0.15, 0.2) is 0 Å². The molecule has 1 heterocycles. The second-order valence-corrected chi connectivity index (χ2v) is 7.41. The molecule has 0 bridgehead atoms. The molecule has 1 aliphatic carbocycles. The molecule has 0 saturated carbocycles. The maximum Gasteiger partial charge on any atom is 0.270 e. The van der Waals surface area contributed by atoms with E-state index in [1.165, 1.54) is 12.4 Å². The van der Waals surface area contributed by atoms with Gasteiger partial charge in [0.25, 0.3) is 11.8 Å². The van der Waals surface area contributed by atoms with Crippen LogP contribution >= 0.6 is 0 Å². The molecular weight excluding hydrogens is 402 g/mol. The van der Waals surface area contributed by atoms with E-state index >= 15 is 0 Å². The van der Waals surface area contributed by atoms with Crippen LogP contribution in [0.2, 0.25) is 0 Å². The van der Waals surface area contributed by atoms with Crippen molar-refractivity contribution in [2.24, 2.45) is 0 Å². The second-order valence-electron chi connectivity index (χ2n) is 7.41. The molecule has 0 saturated heterocycles. The lowest BCUT2D eigenvalue weighted by Crippen LogP contribution is -2.29. The standard InChI is InChI=1S/C25H19N5O2/c1-2-16-4-3-5-18(10-16)14-27-24(31)22-12-23(29-15-28-22)25(32)30-21-9-7-19-11-17(13-26)6-8-20(19)21/h1,3-6,8,10-12,15,21H,7,9,14H2,(H,27,31)(H,30,32)/t21-/m1/s1. The topological polar surface area (TPSA) is 108 Å². The molecule has 2 aromatic carbocycles. The third kappa shape index (κ3) is 4.48. The van der Waals surface area contributed by atoms with Crippen molar-refractivity contribution >= 4 is 11.8 Å². The highest BCUT2D eigenvalue weighted by Gasteiger charge is 2.25. The molecule has 1 aliphatic rings. The first-order chi connectivity index (χ1) is 15.6. The molecule has 0 radical (unpaired) electrons. The number of nitrogens with one attached hydrogen (secondary N) is 2. The number of aryl methyl sites for hydroxylation is 1. The summed E-state index contributed by atoms with van der Waals surface area (Å²) in [6.07, 6.45) is 8.13. The number of terminal acetylenes is 1. The van der Waals surface area contributed by atoms with Crippen LogP contribution in [0.5, 0.6) is 0 Å². The fourth-order valence-corrected chi connectivity index (χ4v) is 3.72. The second kappa shape index (κ2) is 9.11. The number of carbonyl (C=O) groups excluding carboxylic acids is 2. The fourth-order valence-electron chi connectivity index (χ4n) is 3.72. The molecule has 32 heavy (non-hydrogen) atoms. The minimum absolute atomic E-state index is 0.101. The first-order valence-electron chi connectivity index (χ1n) is 10.1. The van der Waals surface area contributed by atoms with Gasteiger partial charge in [-0.25, -0.2) is 9.97 Å². The highest BCUT2D eigenvalue weighted by molar-refractivity contribution is 5.97. The van der Waals surface area contributed by atoms with E-state index in [9.17, 15) is 9.59 Å². The van der Waals surface area contributed by atoms with Crippen LogP contribution in [0.25, 0.3) is 0 Å². The number of nitriles is 1. The summed E-state index contributed by atoms with van der Waals surface area (Å²) in [4.78, 5) is 33.3. The summed E-state index contributed by atoms with van der Waals surface area (Å²) >= 11 is 0. The molecule has 156 valence electrons. The van der Waals surface area contributed by atoms with Gasteiger partial charge in [-0.15, -0.1) is 6.42 Å². The molecule has 1 atom stereocenters. The summed E-state index contributed by atoms with van der Waals surface area (Å²) in [6.45, 7) is 0.281. The number of hydrogen-bond donors (Lipinski definition) is 2.